The average molecular weight is 532 g/mol. The monoisotopic (exact) mass is 531 g/mol. The molecule has 3 heterocycles. The van der Waals surface area contributed by atoms with Crippen LogP contribution in [-0.2, 0) is 5.41 Å². The molecule has 1 saturated carbocycles. The minimum Gasteiger partial charge on any atom is -0.394 e. The van der Waals surface area contributed by atoms with Crippen molar-refractivity contribution in [2.24, 2.45) is 5.41 Å². The van der Waals surface area contributed by atoms with Gasteiger partial charge in [-0.25, -0.2) is 28.7 Å². The maximum absolute atomic E-state index is 14.5. The van der Waals surface area contributed by atoms with Crippen molar-refractivity contribution in [2.75, 3.05) is 18.5 Å². The molecule has 9 nitrogen and oxygen atoms in total. The number of aromatic nitrogens is 6. The number of hydrogen-bond donors (Lipinski definition) is 3. The van der Waals surface area contributed by atoms with Gasteiger partial charge in [0.05, 0.1) is 46.3 Å². The fourth-order valence-corrected chi connectivity index (χ4v) is 6.30. The van der Waals surface area contributed by atoms with Crippen molar-refractivity contribution in [3.8, 4) is 22.6 Å². The summed E-state index contributed by atoms with van der Waals surface area (Å²) in [5.41, 5.74) is 2.33. The third-order valence-corrected chi connectivity index (χ3v) is 8.31. The molecule has 3 N–H and O–H groups in total. The van der Waals surface area contributed by atoms with Crippen molar-refractivity contribution < 1.29 is 19.0 Å². The number of fused-ring (bicyclic) bond motifs is 5. The first kappa shape index (κ1) is 25.3. The topological polar surface area (TPSA) is 130 Å². The van der Waals surface area contributed by atoms with Crippen molar-refractivity contribution in [2.45, 2.75) is 44.1 Å². The molecule has 0 spiro atoms. The Balaban J connectivity index is 1.38. The Bertz CT molecular complexity index is 1530. The number of nitrogens with one attached hydrogen (secondary N) is 1. The van der Waals surface area contributed by atoms with E-state index in [1.807, 2.05) is 6.07 Å². The molecule has 0 amide bonds. The minimum absolute atomic E-state index is 0.117. The van der Waals surface area contributed by atoms with Gasteiger partial charge in [-0.1, -0.05) is 19.9 Å². The van der Waals surface area contributed by atoms with Crippen LogP contribution >= 0.6 is 0 Å². The van der Waals surface area contributed by atoms with Crippen LogP contribution in [0.4, 0.5) is 14.7 Å². The van der Waals surface area contributed by atoms with Crippen LogP contribution in [0.15, 0.2) is 48.9 Å². The highest BCUT2D eigenvalue weighted by Gasteiger charge is 2.65. The van der Waals surface area contributed by atoms with Crippen molar-refractivity contribution >= 4 is 5.95 Å². The van der Waals surface area contributed by atoms with Crippen LogP contribution in [-0.4, -0.2) is 59.6 Å². The maximum atomic E-state index is 14.5. The number of benzene rings is 1. The Hall–Kier alpha value is -3.96. The van der Waals surface area contributed by atoms with Gasteiger partial charge in [0.15, 0.2) is 5.82 Å². The van der Waals surface area contributed by atoms with Crippen molar-refractivity contribution in [1.29, 1.82) is 0 Å². The average Bonchev–Trinajstić information content (AvgIpc) is 3.33. The van der Waals surface area contributed by atoms with Gasteiger partial charge in [0.25, 0.3) is 0 Å². The number of rotatable bonds is 7. The third kappa shape index (κ3) is 3.87. The number of halogens is 2. The molecule has 0 aliphatic heterocycles. The predicted octanol–water partition coefficient (Wildman–Crippen LogP) is 3.64. The van der Waals surface area contributed by atoms with Crippen LogP contribution < -0.4 is 5.32 Å². The summed E-state index contributed by atoms with van der Waals surface area (Å²) >= 11 is 0. The van der Waals surface area contributed by atoms with Gasteiger partial charge >= 0.3 is 0 Å². The first-order valence-electron chi connectivity index (χ1n) is 12.8. The van der Waals surface area contributed by atoms with E-state index in [0.717, 1.165) is 29.8 Å². The van der Waals surface area contributed by atoms with Gasteiger partial charge in [0.2, 0.25) is 5.95 Å². The molecular formula is C28H27F2N7O2. The molecule has 1 fully saturated rings. The highest BCUT2D eigenvalue weighted by atomic mass is 19.1. The minimum atomic E-state index is -0.912. The first-order valence-corrected chi connectivity index (χ1v) is 12.8. The summed E-state index contributed by atoms with van der Waals surface area (Å²) in [5.74, 6) is -0.458. The summed E-state index contributed by atoms with van der Waals surface area (Å²) in [6, 6.07) is 7.45. The first-order chi connectivity index (χ1) is 18.8. The molecule has 0 saturated heterocycles. The zero-order chi connectivity index (χ0) is 27.4. The zero-order valence-electron chi connectivity index (χ0n) is 21.4. The zero-order valence-corrected chi connectivity index (χ0v) is 21.4. The van der Waals surface area contributed by atoms with E-state index in [-0.39, 0.29) is 35.7 Å². The van der Waals surface area contributed by atoms with Gasteiger partial charge in [-0.05, 0) is 54.0 Å². The molecule has 2 aliphatic carbocycles. The lowest BCUT2D eigenvalue weighted by molar-refractivity contribution is 0.105. The number of hydrogen-bond acceptors (Lipinski definition) is 9. The number of aliphatic hydroxyl groups is 2. The fourth-order valence-electron chi connectivity index (χ4n) is 6.30. The standard InChI is InChI=1S/C28H27F2N7O2/c1-27(2)18-6-8-28(27,24-17(18)10-21(36-37-24)23-19(29)4-3-5-20(23)30)22-7-9-31-25(35-22)15-11-32-26(33-12-15)34-13-16(39)14-38/h3-5,7,9-12,16,18,38-39H,6,8,13-14H2,1-2H3,(H,32,33,34)/t16?,18-,28+/m0/s1. The Morgan fingerprint density at radius 2 is 1.82 bits per heavy atom. The van der Waals surface area contributed by atoms with E-state index in [9.17, 15) is 13.9 Å². The Kier molecular flexibility index (Phi) is 6.07. The Morgan fingerprint density at radius 1 is 1.08 bits per heavy atom. The van der Waals surface area contributed by atoms with Crippen molar-refractivity contribution in [3.05, 3.63) is 77.5 Å². The largest absolute Gasteiger partial charge is 0.394 e. The van der Waals surface area contributed by atoms with Crippen LogP contribution in [0.2, 0.25) is 0 Å². The molecule has 39 heavy (non-hydrogen) atoms. The van der Waals surface area contributed by atoms with Crippen LogP contribution in [0.3, 0.4) is 0 Å². The van der Waals surface area contributed by atoms with E-state index in [2.05, 4.69) is 44.3 Å². The number of nitrogens with zero attached hydrogens (tertiary/aromatic N) is 6. The second-order valence-electron chi connectivity index (χ2n) is 10.6. The molecule has 11 heteroatoms. The van der Waals surface area contributed by atoms with Gasteiger partial charge < -0.3 is 15.5 Å². The molecule has 1 unspecified atom stereocenters. The van der Waals surface area contributed by atoms with E-state index in [4.69, 9.17) is 10.1 Å². The summed E-state index contributed by atoms with van der Waals surface area (Å²) in [4.78, 5) is 17.9. The van der Waals surface area contributed by atoms with Crippen molar-refractivity contribution in [3.63, 3.8) is 0 Å². The molecule has 3 atom stereocenters. The van der Waals surface area contributed by atoms with E-state index in [1.165, 1.54) is 18.2 Å². The van der Waals surface area contributed by atoms with Gasteiger partial charge in [-0.3, -0.25) is 0 Å². The highest BCUT2D eigenvalue weighted by Crippen LogP contribution is 2.69. The SMILES string of the molecule is CC1(C)[C@H]2CC[C@@]1(c1ccnc(-c3cnc(NCC(O)CO)nc3)n1)c1nnc(-c3c(F)cccc3F)cc12. The predicted molar refractivity (Wildman–Crippen MR) is 139 cm³/mol. The molecule has 200 valence electrons. The smallest absolute Gasteiger partial charge is 0.222 e. The Morgan fingerprint density at radius 3 is 2.54 bits per heavy atom. The fraction of sp³-hybridized carbons (Fsp3) is 0.357. The second kappa shape index (κ2) is 9.35. The van der Waals surface area contributed by atoms with Gasteiger partial charge in [-0.15, -0.1) is 5.10 Å². The molecule has 3 aromatic heterocycles. The summed E-state index contributed by atoms with van der Waals surface area (Å²) < 4.78 is 29.1. The maximum Gasteiger partial charge on any atom is 0.222 e. The number of anilines is 1. The molecule has 6 rings (SSSR count). The van der Waals surface area contributed by atoms with Gasteiger partial charge in [0, 0.05) is 25.1 Å². The summed E-state index contributed by atoms with van der Waals surface area (Å²) in [5, 5.41) is 30.2. The van der Waals surface area contributed by atoms with Crippen molar-refractivity contribution in [1.82, 2.24) is 30.1 Å². The summed E-state index contributed by atoms with van der Waals surface area (Å²) in [6.45, 7) is 4.12. The van der Waals surface area contributed by atoms with E-state index >= 15 is 0 Å². The molecule has 4 aromatic rings. The lowest BCUT2D eigenvalue weighted by atomic mass is 9.66. The second-order valence-corrected chi connectivity index (χ2v) is 10.6. The molecule has 1 aromatic carbocycles. The highest BCUT2D eigenvalue weighted by molar-refractivity contribution is 5.64. The third-order valence-electron chi connectivity index (χ3n) is 8.31. The lowest BCUT2D eigenvalue weighted by Crippen LogP contribution is -2.38. The van der Waals surface area contributed by atoms with Crippen LogP contribution in [0.1, 0.15) is 49.6 Å². The van der Waals surface area contributed by atoms with E-state index in [1.54, 1.807) is 24.7 Å². The quantitative estimate of drug-likeness (QED) is 0.327. The van der Waals surface area contributed by atoms with Crippen LogP contribution in [0.25, 0.3) is 22.6 Å². The Labute approximate surface area is 223 Å². The molecule has 2 bridgehead atoms. The van der Waals surface area contributed by atoms with Gasteiger partial charge in [0.1, 0.15) is 11.6 Å². The summed E-state index contributed by atoms with van der Waals surface area (Å²) in [6.07, 6.45) is 5.67. The summed E-state index contributed by atoms with van der Waals surface area (Å²) in [7, 11) is 0. The molecule has 0 radical (unpaired) electrons. The number of aliphatic hydroxyl groups excluding tert-OH is 2. The van der Waals surface area contributed by atoms with Gasteiger partial charge in [-0.2, -0.15) is 5.10 Å². The normalized spacial score (nSPS) is 21.5. The van der Waals surface area contributed by atoms with E-state index in [0.29, 0.717) is 17.3 Å². The van der Waals surface area contributed by atoms with Crippen LogP contribution in [0.5, 0.6) is 0 Å². The van der Waals surface area contributed by atoms with E-state index < -0.39 is 23.2 Å². The molecular weight excluding hydrogens is 504 g/mol. The van der Waals surface area contributed by atoms with Crippen LogP contribution in [0, 0.1) is 17.0 Å². The lowest BCUT2D eigenvalue weighted by Gasteiger charge is -2.37. The molecule has 2 aliphatic rings.